The van der Waals surface area contributed by atoms with Crippen molar-refractivity contribution < 1.29 is 9.18 Å². The molecule has 0 radical (unpaired) electrons. The molecule has 1 aliphatic heterocycles. The number of piperidine rings is 1. The molecule has 0 bridgehead atoms. The second kappa shape index (κ2) is 8.19. The second-order valence-electron chi connectivity index (χ2n) is 8.94. The van der Waals surface area contributed by atoms with Crippen molar-refractivity contribution in [3.63, 3.8) is 0 Å². The van der Waals surface area contributed by atoms with Gasteiger partial charge in [0.15, 0.2) is 11.5 Å². The fourth-order valence-corrected chi connectivity index (χ4v) is 4.43. The Kier molecular flexibility index (Phi) is 5.00. The van der Waals surface area contributed by atoms with Gasteiger partial charge in [-0.2, -0.15) is 0 Å². The van der Waals surface area contributed by atoms with Crippen molar-refractivity contribution in [1.82, 2.24) is 24.6 Å². The van der Waals surface area contributed by atoms with Crippen LogP contribution in [0.4, 0.5) is 21.7 Å². The number of amides is 1. The van der Waals surface area contributed by atoms with E-state index in [9.17, 15) is 9.18 Å². The Morgan fingerprint density at radius 1 is 1.09 bits per heavy atom. The largest absolute Gasteiger partial charge is 0.373 e. The van der Waals surface area contributed by atoms with Gasteiger partial charge >= 0.3 is 0 Å². The van der Waals surface area contributed by atoms with Crippen molar-refractivity contribution in [3.05, 3.63) is 36.8 Å². The third kappa shape index (κ3) is 3.78. The number of hydrogen-bond donors (Lipinski definition) is 2. The molecule has 0 unspecified atom stereocenters. The molecule has 1 aliphatic carbocycles. The van der Waals surface area contributed by atoms with Crippen LogP contribution in [0.25, 0.3) is 27.8 Å². The summed E-state index contributed by atoms with van der Waals surface area (Å²) in [5.74, 6) is 1.82. The van der Waals surface area contributed by atoms with Crippen LogP contribution in [0.15, 0.2) is 36.8 Å². The summed E-state index contributed by atoms with van der Waals surface area (Å²) >= 11 is 0. The van der Waals surface area contributed by atoms with Gasteiger partial charge in [-0.25, -0.2) is 23.9 Å². The van der Waals surface area contributed by atoms with Crippen LogP contribution in [0, 0.1) is 5.92 Å². The van der Waals surface area contributed by atoms with Crippen LogP contribution >= 0.6 is 0 Å². The van der Waals surface area contributed by atoms with E-state index in [0.29, 0.717) is 49.0 Å². The molecule has 2 N–H and O–H groups in total. The minimum Gasteiger partial charge on any atom is -0.373 e. The van der Waals surface area contributed by atoms with E-state index in [-0.39, 0.29) is 11.8 Å². The maximum Gasteiger partial charge on any atom is 0.228 e. The number of pyridine rings is 3. The molecule has 174 valence electrons. The summed E-state index contributed by atoms with van der Waals surface area (Å²) in [4.78, 5) is 28.1. The number of anilines is 3. The predicted molar refractivity (Wildman–Crippen MR) is 129 cm³/mol. The van der Waals surface area contributed by atoms with Crippen LogP contribution in [0.2, 0.25) is 0 Å². The Balaban J connectivity index is 1.39. The number of alkyl halides is 1. The number of nitrogens with one attached hydrogen (secondary N) is 2. The first-order valence-electron chi connectivity index (χ1n) is 11.6. The summed E-state index contributed by atoms with van der Waals surface area (Å²) in [7, 11) is 1.81. The second-order valence-corrected chi connectivity index (χ2v) is 8.94. The van der Waals surface area contributed by atoms with Gasteiger partial charge in [-0.3, -0.25) is 4.79 Å². The third-order valence-corrected chi connectivity index (χ3v) is 6.55. The fraction of sp³-hybridized carbons (Fsp3) is 0.375. The molecule has 10 heteroatoms. The zero-order valence-corrected chi connectivity index (χ0v) is 18.8. The van der Waals surface area contributed by atoms with Gasteiger partial charge in [-0.05, 0) is 43.9 Å². The van der Waals surface area contributed by atoms with Gasteiger partial charge in [-0.15, -0.1) is 5.10 Å². The molecule has 4 aromatic rings. The Morgan fingerprint density at radius 2 is 1.91 bits per heavy atom. The summed E-state index contributed by atoms with van der Waals surface area (Å²) in [6.45, 7) is 1.38. The molecule has 34 heavy (non-hydrogen) atoms. The number of halogens is 1. The monoisotopic (exact) mass is 460 g/mol. The van der Waals surface area contributed by atoms with Crippen molar-refractivity contribution in [1.29, 1.82) is 0 Å². The number of nitrogens with zero attached hydrogens (tertiary/aromatic N) is 6. The smallest absolute Gasteiger partial charge is 0.228 e. The Bertz CT molecular complexity index is 1390. The lowest BCUT2D eigenvalue weighted by Crippen LogP contribution is -2.34. The first-order valence-corrected chi connectivity index (χ1v) is 11.6. The normalized spacial score (nSPS) is 16.8. The van der Waals surface area contributed by atoms with Gasteiger partial charge < -0.3 is 15.5 Å². The lowest BCUT2D eigenvalue weighted by Gasteiger charge is -2.30. The van der Waals surface area contributed by atoms with Crippen molar-refractivity contribution in [2.24, 2.45) is 5.92 Å². The molecule has 9 nitrogen and oxygen atoms in total. The Labute approximate surface area is 195 Å². The van der Waals surface area contributed by atoms with Crippen molar-refractivity contribution in [2.45, 2.75) is 31.9 Å². The predicted octanol–water partition coefficient (Wildman–Crippen LogP) is 3.67. The molecule has 1 amide bonds. The number of rotatable bonds is 5. The molecule has 2 fully saturated rings. The lowest BCUT2D eigenvalue weighted by atomic mass is 10.1. The summed E-state index contributed by atoms with van der Waals surface area (Å²) in [6.07, 6.45) is 7.62. The molecule has 4 aromatic heterocycles. The number of carbonyl (C=O) groups excluding carboxylic acids is 1. The van der Waals surface area contributed by atoms with Crippen LogP contribution in [-0.2, 0) is 4.79 Å². The van der Waals surface area contributed by atoms with Crippen LogP contribution in [-0.4, -0.2) is 56.8 Å². The van der Waals surface area contributed by atoms with Gasteiger partial charge in [0, 0.05) is 54.8 Å². The molecule has 0 aromatic carbocycles. The van der Waals surface area contributed by atoms with E-state index in [1.54, 1.807) is 24.0 Å². The summed E-state index contributed by atoms with van der Waals surface area (Å²) in [5, 5.41) is 12.4. The van der Waals surface area contributed by atoms with E-state index in [2.05, 4.69) is 25.5 Å². The maximum atomic E-state index is 13.5. The fourth-order valence-electron chi connectivity index (χ4n) is 4.43. The highest BCUT2D eigenvalue weighted by Crippen LogP contribution is 2.33. The van der Waals surface area contributed by atoms with Gasteiger partial charge in [0.25, 0.3) is 0 Å². The zero-order chi connectivity index (χ0) is 23.2. The molecule has 0 atom stereocenters. The third-order valence-electron chi connectivity index (χ3n) is 6.55. The van der Waals surface area contributed by atoms with Crippen molar-refractivity contribution >= 4 is 39.6 Å². The van der Waals surface area contributed by atoms with Crippen LogP contribution in [0.3, 0.4) is 0 Å². The van der Waals surface area contributed by atoms with Crippen LogP contribution < -0.4 is 15.5 Å². The van der Waals surface area contributed by atoms with E-state index in [4.69, 9.17) is 10.1 Å². The SMILES string of the molecule is CNc1ncc(-c2nc3ccc(N4CCC(F)CC4)cn3n2)c2cc(NC(=O)C3CC3)ncc12. The van der Waals surface area contributed by atoms with Gasteiger partial charge in [0.1, 0.15) is 17.8 Å². The molecule has 1 saturated heterocycles. The minimum atomic E-state index is -0.715. The molecular weight excluding hydrogens is 435 g/mol. The van der Waals surface area contributed by atoms with E-state index in [1.165, 1.54) is 0 Å². The molecule has 6 rings (SSSR count). The molecular formula is C24H25FN8O. The number of carbonyl (C=O) groups is 1. The highest BCUT2D eigenvalue weighted by atomic mass is 19.1. The highest BCUT2D eigenvalue weighted by molar-refractivity contribution is 6.03. The summed E-state index contributed by atoms with van der Waals surface area (Å²) < 4.78 is 15.3. The Hall–Kier alpha value is -3.82. The summed E-state index contributed by atoms with van der Waals surface area (Å²) in [5.41, 5.74) is 2.46. The molecule has 0 spiro atoms. The van der Waals surface area contributed by atoms with Crippen molar-refractivity contribution in [2.75, 3.05) is 35.7 Å². The van der Waals surface area contributed by atoms with E-state index in [0.717, 1.165) is 34.9 Å². The first kappa shape index (κ1) is 20.8. The first-order chi connectivity index (χ1) is 16.6. The topological polar surface area (TPSA) is 100 Å². The zero-order valence-electron chi connectivity index (χ0n) is 18.8. The summed E-state index contributed by atoms with van der Waals surface area (Å²) in [6, 6.07) is 5.78. The number of aromatic nitrogens is 5. The average Bonchev–Trinajstić information content (AvgIpc) is 3.63. The van der Waals surface area contributed by atoms with Crippen LogP contribution in [0.1, 0.15) is 25.7 Å². The van der Waals surface area contributed by atoms with E-state index >= 15 is 0 Å². The maximum absolute atomic E-state index is 13.5. The standard InChI is InChI=1S/C24H25FN8O/c1-26-22-18-11-27-20(29-24(34)14-2-3-14)10-17(18)19(12-28-22)23-30-21-5-4-16(13-33(21)31-23)32-8-6-15(25)7-9-32/h4-5,10-15H,2-3,6-9H2,1H3,(H,26,28)(H,27,29,34). The molecule has 2 aliphatic rings. The number of hydrogen-bond acceptors (Lipinski definition) is 7. The van der Waals surface area contributed by atoms with Gasteiger partial charge in [0.05, 0.1) is 11.9 Å². The Morgan fingerprint density at radius 3 is 2.68 bits per heavy atom. The van der Waals surface area contributed by atoms with E-state index in [1.807, 2.05) is 24.4 Å². The highest BCUT2D eigenvalue weighted by Gasteiger charge is 2.30. The van der Waals surface area contributed by atoms with Gasteiger partial charge in [-0.1, -0.05) is 0 Å². The van der Waals surface area contributed by atoms with E-state index < -0.39 is 6.17 Å². The minimum absolute atomic E-state index is 0.00600. The molecule has 5 heterocycles. The van der Waals surface area contributed by atoms with Crippen LogP contribution in [0.5, 0.6) is 0 Å². The van der Waals surface area contributed by atoms with Crippen molar-refractivity contribution in [3.8, 4) is 11.4 Å². The average molecular weight is 461 g/mol. The number of fused-ring (bicyclic) bond motifs is 2. The lowest BCUT2D eigenvalue weighted by molar-refractivity contribution is -0.117. The van der Waals surface area contributed by atoms with Gasteiger partial charge in [0.2, 0.25) is 5.91 Å². The quantitative estimate of drug-likeness (QED) is 0.469. The molecule has 1 saturated carbocycles.